The largest absolute Gasteiger partial charge is 0.245 e. The van der Waals surface area contributed by atoms with Gasteiger partial charge in [0.25, 0.3) is 0 Å². The number of nitrogens with zero attached hydrogens (tertiary/aromatic N) is 2. The molecule has 0 amide bonds. The number of rotatable bonds is 7. The second-order valence-electron chi connectivity index (χ2n) is 14.3. The van der Waals surface area contributed by atoms with E-state index in [1.165, 1.54) is 61.2 Å². The molecule has 0 fully saturated rings. The molecule has 0 radical (unpaired) electrons. The summed E-state index contributed by atoms with van der Waals surface area (Å²) in [5, 5.41) is 0. The first-order valence-electron chi connectivity index (χ1n) is 19.4. The first-order chi connectivity index (χ1) is 27.2. The van der Waals surface area contributed by atoms with Gasteiger partial charge in [-0.3, -0.25) is 0 Å². The summed E-state index contributed by atoms with van der Waals surface area (Å²) in [6.45, 7) is 3.93. The zero-order chi connectivity index (χ0) is 37.0. The number of fused-ring (bicyclic) bond motifs is 8. The molecule has 55 heavy (non-hydrogen) atoms. The van der Waals surface area contributed by atoms with Crippen LogP contribution in [-0.4, -0.2) is 12.6 Å². The molecule has 264 valence electrons. The Morgan fingerprint density at radius 2 is 1.07 bits per heavy atom. The molecule has 0 atom stereocenters. The van der Waals surface area contributed by atoms with Crippen LogP contribution in [0.3, 0.4) is 0 Å². The Balaban J connectivity index is 1.09. The molecular weight excluding hydrogens is 665 g/mol. The second-order valence-corrected chi connectivity index (χ2v) is 14.3. The van der Waals surface area contributed by atoms with E-state index in [0.29, 0.717) is 5.84 Å². The van der Waals surface area contributed by atoms with Gasteiger partial charge < -0.3 is 0 Å². The lowest BCUT2D eigenvalue weighted by Gasteiger charge is -2.25. The Kier molecular flexibility index (Phi) is 9.55. The predicted molar refractivity (Wildman–Crippen MR) is 234 cm³/mol. The van der Waals surface area contributed by atoms with Crippen molar-refractivity contribution in [2.24, 2.45) is 9.98 Å². The minimum atomic E-state index is 0.628. The van der Waals surface area contributed by atoms with Crippen molar-refractivity contribution in [3.63, 3.8) is 0 Å². The summed E-state index contributed by atoms with van der Waals surface area (Å²) in [6, 6.07) is 50.8. The number of allylic oxidation sites excluding steroid dienone is 8. The summed E-state index contributed by atoms with van der Waals surface area (Å²) in [6.07, 6.45) is 20.9. The highest BCUT2D eigenvalue weighted by atomic mass is 14.9. The maximum Gasteiger partial charge on any atom is 0.159 e. The third-order valence-electron chi connectivity index (χ3n) is 10.9. The molecule has 3 aliphatic rings. The Labute approximate surface area is 324 Å². The molecule has 0 aliphatic heterocycles. The summed E-state index contributed by atoms with van der Waals surface area (Å²) in [7, 11) is 0. The lowest BCUT2D eigenvalue weighted by Crippen LogP contribution is -2.00. The third-order valence-corrected chi connectivity index (χ3v) is 10.9. The van der Waals surface area contributed by atoms with Gasteiger partial charge in [-0.05, 0) is 123 Å². The van der Waals surface area contributed by atoms with Crippen LogP contribution in [0.5, 0.6) is 0 Å². The summed E-state index contributed by atoms with van der Waals surface area (Å²) >= 11 is 0. The average molecular weight is 707 g/mol. The Morgan fingerprint density at radius 3 is 1.71 bits per heavy atom. The number of hydrogen-bond acceptors (Lipinski definition) is 1. The number of aliphatic imine (C=N–C) groups is 2. The van der Waals surface area contributed by atoms with Gasteiger partial charge in [-0.1, -0.05) is 176 Å². The van der Waals surface area contributed by atoms with Crippen molar-refractivity contribution in [1.82, 2.24) is 0 Å². The molecule has 0 aromatic heterocycles. The number of benzene rings is 6. The SMILES string of the molecule is C=N/C(=N\C(=C/CC1=CCCC=C1)C1=CCCC=C1)c1ccc(-c2cccc(-c3cccc4c3-c3ccccc3-c3ccccc3-c3ccccc3-4)c2)cc1. The molecule has 0 spiro atoms. The van der Waals surface area contributed by atoms with Gasteiger partial charge in [-0.25, -0.2) is 9.98 Å². The van der Waals surface area contributed by atoms with Crippen molar-refractivity contribution in [3.8, 4) is 66.8 Å². The molecule has 9 rings (SSSR count). The van der Waals surface area contributed by atoms with Gasteiger partial charge in [0.1, 0.15) is 0 Å². The van der Waals surface area contributed by atoms with Crippen LogP contribution < -0.4 is 0 Å². The molecule has 0 N–H and O–H groups in total. The van der Waals surface area contributed by atoms with Gasteiger partial charge in [0.2, 0.25) is 0 Å². The first kappa shape index (κ1) is 34.1. The molecule has 2 heteroatoms. The van der Waals surface area contributed by atoms with Crippen LogP contribution in [0.4, 0.5) is 0 Å². The van der Waals surface area contributed by atoms with E-state index in [-0.39, 0.29) is 0 Å². The maximum atomic E-state index is 5.11. The average Bonchev–Trinajstić information content (AvgIpc) is 3.26. The lowest BCUT2D eigenvalue weighted by molar-refractivity contribution is 0.995. The minimum absolute atomic E-state index is 0.628. The normalized spacial score (nSPS) is 14.7. The van der Waals surface area contributed by atoms with E-state index in [1.54, 1.807) is 0 Å². The standard InChI is InChI=1S/C53H42N2/c1-54-53(55-51(39-18-6-3-7-19-39)35-30-37-16-4-2-5-17-37)40-33-31-38(32-34-40)41-20-14-21-42(36-41)43-28-15-29-50-48-25-11-10-24-46(48)44-22-8-9-23-45(44)47-26-12-13-27-49(47)52(43)50/h4,6,8-29,31-36H,1-3,5,7,30H2/b46-44?,47-45?,50-48?,51-35-,52-49?,55-53-. The smallest absolute Gasteiger partial charge is 0.159 e. The van der Waals surface area contributed by atoms with E-state index in [2.05, 4.69) is 194 Å². The van der Waals surface area contributed by atoms with Gasteiger partial charge in [-0.15, -0.1) is 0 Å². The molecule has 0 bridgehead atoms. The Bertz CT molecular complexity index is 2620. The first-order valence-corrected chi connectivity index (χ1v) is 19.4. The van der Waals surface area contributed by atoms with Crippen LogP contribution in [-0.2, 0) is 0 Å². The van der Waals surface area contributed by atoms with Gasteiger partial charge in [-0.2, -0.15) is 0 Å². The summed E-state index contributed by atoms with van der Waals surface area (Å²) in [5.41, 5.74) is 19.1. The summed E-state index contributed by atoms with van der Waals surface area (Å²) < 4.78 is 0. The van der Waals surface area contributed by atoms with Crippen LogP contribution >= 0.6 is 0 Å². The van der Waals surface area contributed by atoms with Gasteiger partial charge >= 0.3 is 0 Å². The fourth-order valence-electron chi connectivity index (χ4n) is 8.20. The quantitative estimate of drug-likeness (QED) is 0.116. The molecular formula is C53H42N2. The zero-order valence-corrected chi connectivity index (χ0v) is 31.0. The molecule has 0 saturated carbocycles. The van der Waals surface area contributed by atoms with E-state index in [4.69, 9.17) is 4.99 Å². The highest BCUT2D eigenvalue weighted by Crippen LogP contribution is 2.50. The van der Waals surface area contributed by atoms with Crippen molar-refractivity contribution in [2.75, 3.05) is 0 Å². The van der Waals surface area contributed by atoms with Crippen molar-refractivity contribution >= 4 is 12.6 Å². The lowest BCUT2D eigenvalue weighted by atomic mass is 9.78. The summed E-state index contributed by atoms with van der Waals surface area (Å²) in [4.78, 5) is 9.54. The van der Waals surface area contributed by atoms with Gasteiger partial charge in [0.05, 0.1) is 5.70 Å². The molecule has 0 saturated heterocycles. The van der Waals surface area contributed by atoms with Crippen molar-refractivity contribution in [1.29, 1.82) is 0 Å². The minimum Gasteiger partial charge on any atom is -0.245 e. The molecule has 6 aromatic rings. The number of hydrogen-bond donors (Lipinski definition) is 0. The van der Waals surface area contributed by atoms with Crippen LogP contribution in [0.25, 0.3) is 66.8 Å². The van der Waals surface area contributed by atoms with E-state index in [1.807, 2.05) is 0 Å². The van der Waals surface area contributed by atoms with Gasteiger partial charge in [0, 0.05) is 5.56 Å². The van der Waals surface area contributed by atoms with E-state index < -0.39 is 0 Å². The van der Waals surface area contributed by atoms with E-state index >= 15 is 0 Å². The highest BCUT2D eigenvalue weighted by molar-refractivity contribution is 6.07. The third kappa shape index (κ3) is 6.84. The van der Waals surface area contributed by atoms with Gasteiger partial charge in [0.15, 0.2) is 5.84 Å². The van der Waals surface area contributed by atoms with Crippen LogP contribution in [0.2, 0.25) is 0 Å². The molecule has 6 aromatic carbocycles. The van der Waals surface area contributed by atoms with Crippen LogP contribution in [0, 0.1) is 0 Å². The molecule has 3 aliphatic carbocycles. The molecule has 0 unspecified atom stereocenters. The Morgan fingerprint density at radius 1 is 0.509 bits per heavy atom. The van der Waals surface area contributed by atoms with E-state index in [0.717, 1.165) is 60.1 Å². The van der Waals surface area contributed by atoms with Crippen molar-refractivity contribution < 1.29 is 0 Å². The van der Waals surface area contributed by atoms with Crippen LogP contribution in [0.1, 0.15) is 37.7 Å². The topological polar surface area (TPSA) is 24.7 Å². The zero-order valence-electron chi connectivity index (χ0n) is 31.0. The summed E-state index contributed by atoms with van der Waals surface area (Å²) in [5.74, 6) is 0.628. The van der Waals surface area contributed by atoms with Crippen molar-refractivity contribution in [3.05, 3.63) is 204 Å². The fraction of sp³-hybridized carbons (Fsp3) is 0.0943. The second kappa shape index (κ2) is 15.4. The van der Waals surface area contributed by atoms with Crippen LogP contribution in [0.15, 0.2) is 209 Å². The van der Waals surface area contributed by atoms with E-state index in [9.17, 15) is 0 Å². The highest BCUT2D eigenvalue weighted by Gasteiger charge is 2.24. The monoisotopic (exact) mass is 706 g/mol. The van der Waals surface area contributed by atoms with Crippen molar-refractivity contribution in [2.45, 2.75) is 32.1 Å². The predicted octanol–water partition coefficient (Wildman–Crippen LogP) is 14.3. The molecule has 2 nitrogen and oxygen atoms in total. The maximum absolute atomic E-state index is 5.11. The Hall–Kier alpha value is -6.64. The fourth-order valence-corrected chi connectivity index (χ4v) is 8.20. The molecule has 0 heterocycles. The number of amidine groups is 1.